The molecule has 3 aliphatic rings. The predicted molar refractivity (Wildman–Crippen MR) is 132 cm³/mol. The van der Waals surface area contributed by atoms with Gasteiger partial charge in [0.05, 0.1) is 25.9 Å². The summed E-state index contributed by atoms with van der Waals surface area (Å²) >= 11 is 3.36. The SMILES string of the molecule is COC(=O)NC(C(=O)N1CC(OC(=O)N2Cc3cc4c(cc3C2)OCO4)C[C@H]1c1ncc(Br)[nH]1)C(C)C. The highest BCUT2D eigenvalue weighted by Crippen LogP contribution is 2.39. The van der Waals surface area contributed by atoms with E-state index in [0.29, 0.717) is 41.4 Å². The lowest BCUT2D eigenvalue weighted by Gasteiger charge is -2.29. The van der Waals surface area contributed by atoms with Crippen molar-refractivity contribution in [3.63, 3.8) is 0 Å². The third-order valence-corrected chi connectivity index (χ3v) is 7.16. The minimum atomic E-state index is -0.817. The number of nitrogens with zero attached hydrogens (tertiary/aromatic N) is 3. The first-order valence-corrected chi connectivity index (χ1v) is 12.7. The number of benzene rings is 1. The number of carbonyl (C=O) groups is 3. The second kappa shape index (κ2) is 10.1. The summed E-state index contributed by atoms with van der Waals surface area (Å²) < 4.78 is 22.1. The summed E-state index contributed by atoms with van der Waals surface area (Å²) in [7, 11) is 1.25. The van der Waals surface area contributed by atoms with Crippen LogP contribution < -0.4 is 14.8 Å². The van der Waals surface area contributed by atoms with Crippen LogP contribution in [0.25, 0.3) is 0 Å². The maximum atomic E-state index is 13.6. The number of carbonyl (C=O) groups excluding carboxylic acids is 3. The van der Waals surface area contributed by atoms with E-state index >= 15 is 0 Å². The van der Waals surface area contributed by atoms with Crippen molar-refractivity contribution in [2.75, 3.05) is 20.4 Å². The fraction of sp³-hybridized carbons (Fsp3) is 0.500. The summed E-state index contributed by atoms with van der Waals surface area (Å²) in [5, 5.41) is 2.62. The van der Waals surface area contributed by atoms with Gasteiger partial charge in [0.15, 0.2) is 11.5 Å². The molecule has 0 saturated carbocycles. The fourth-order valence-corrected chi connectivity index (χ4v) is 5.19. The molecule has 198 valence electrons. The Balaban J connectivity index is 1.30. The van der Waals surface area contributed by atoms with Crippen molar-refractivity contribution in [2.45, 2.75) is 51.5 Å². The molecule has 0 spiro atoms. The number of aromatic nitrogens is 2. The normalized spacial score (nSPS) is 20.7. The van der Waals surface area contributed by atoms with Crippen molar-refractivity contribution in [2.24, 2.45) is 5.92 Å². The van der Waals surface area contributed by atoms with Crippen molar-refractivity contribution >= 4 is 34.0 Å². The van der Waals surface area contributed by atoms with Crippen molar-refractivity contribution in [3.8, 4) is 11.5 Å². The highest BCUT2D eigenvalue weighted by Gasteiger charge is 2.43. The molecule has 0 radical (unpaired) electrons. The summed E-state index contributed by atoms with van der Waals surface area (Å²) in [5.41, 5.74) is 1.97. The quantitative estimate of drug-likeness (QED) is 0.553. The first-order chi connectivity index (χ1) is 17.7. The van der Waals surface area contributed by atoms with E-state index in [2.05, 4.69) is 31.2 Å². The van der Waals surface area contributed by atoms with Gasteiger partial charge in [-0.2, -0.15) is 0 Å². The smallest absolute Gasteiger partial charge is 0.410 e. The number of H-pyrrole nitrogens is 1. The molecular formula is C24H28BrN5O7. The van der Waals surface area contributed by atoms with Crippen LogP contribution in [0.4, 0.5) is 9.59 Å². The van der Waals surface area contributed by atoms with E-state index in [0.717, 1.165) is 11.1 Å². The van der Waals surface area contributed by atoms with Crippen LogP contribution in [0.3, 0.4) is 0 Å². The van der Waals surface area contributed by atoms with E-state index in [9.17, 15) is 14.4 Å². The Labute approximate surface area is 221 Å². The van der Waals surface area contributed by atoms with E-state index < -0.39 is 30.4 Å². The summed E-state index contributed by atoms with van der Waals surface area (Å²) in [6.07, 6.45) is 0.247. The zero-order valence-corrected chi connectivity index (χ0v) is 22.2. The van der Waals surface area contributed by atoms with Crippen molar-refractivity contribution in [3.05, 3.63) is 39.9 Å². The van der Waals surface area contributed by atoms with Gasteiger partial charge >= 0.3 is 12.2 Å². The topological polar surface area (TPSA) is 135 Å². The van der Waals surface area contributed by atoms with Gasteiger partial charge in [-0.05, 0) is 45.1 Å². The first kappa shape index (κ1) is 25.2. The van der Waals surface area contributed by atoms with Gasteiger partial charge in [-0.3, -0.25) is 9.69 Å². The number of halogens is 1. The van der Waals surface area contributed by atoms with Crippen molar-refractivity contribution in [1.82, 2.24) is 25.1 Å². The number of imidazole rings is 1. The molecule has 2 aromatic rings. The van der Waals surface area contributed by atoms with Crippen LogP contribution in [-0.2, 0) is 27.4 Å². The van der Waals surface area contributed by atoms with Crippen LogP contribution in [0.5, 0.6) is 11.5 Å². The number of aromatic amines is 1. The largest absolute Gasteiger partial charge is 0.454 e. The molecule has 13 heteroatoms. The molecule has 3 atom stereocenters. The number of methoxy groups -OCH3 is 1. The van der Waals surface area contributed by atoms with E-state index in [1.807, 2.05) is 26.0 Å². The Morgan fingerprint density at radius 1 is 1.19 bits per heavy atom. The molecule has 4 heterocycles. The Bertz CT molecular complexity index is 1190. The van der Waals surface area contributed by atoms with Gasteiger partial charge in [0.1, 0.15) is 22.6 Å². The van der Waals surface area contributed by atoms with Gasteiger partial charge in [0.25, 0.3) is 0 Å². The summed E-state index contributed by atoms with van der Waals surface area (Å²) in [5.74, 6) is 1.40. The molecule has 5 rings (SSSR count). The Hall–Kier alpha value is -3.48. The molecule has 37 heavy (non-hydrogen) atoms. The number of nitrogens with one attached hydrogen (secondary N) is 2. The highest BCUT2D eigenvalue weighted by molar-refractivity contribution is 9.10. The van der Waals surface area contributed by atoms with E-state index in [4.69, 9.17) is 18.9 Å². The van der Waals surface area contributed by atoms with Crippen molar-refractivity contribution in [1.29, 1.82) is 0 Å². The molecule has 3 amide bonds. The number of hydrogen-bond donors (Lipinski definition) is 2. The minimum absolute atomic E-state index is 0.163. The van der Waals surface area contributed by atoms with E-state index in [1.165, 1.54) is 7.11 Å². The van der Waals surface area contributed by atoms with Gasteiger partial charge < -0.3 is 34.1 Å². The van der Waals surface area contributed by atoms with Crippen LogP contribution in [0.15, 0.2) is 22.9 Å². The lowest BCUT2D eigenvalue weighted by Crippen LogP contribution is -2.51. The summed E-state index contributed by atoms with van der Waals surface area (Å²) in [4.78, 5) is 49.3. The molecule has 1 saturated heterocycles. The van der Waals surface area contributed by atoms with Gasteiger partial charge in [-0.25, -0.2) is 14.6 Å². The van der Waals surface area contributed by atoms with Gasteiger partial charge in [0, 0.05) is 19.5 Å². The zero-order valence-electron chi connectivity index (χ0n) is 20.7. The summed E-state index contributed by atoms with van der Waals surface area (Å²) in [6, 6.07) is 2.51. The number of hydrogen-bond acceptors (Lipinski definition) is 8. The summed E-state index contributed by atoms with van der Waals surface area (Å²) in [6.45, 7) is 4.82. The van der Waals surface area contributed by atoms with Crippen LogP contribution in [0, 0.1) is 5.92 Å². The van der Waals surface area contributed by atoms with Crippen LogP contribution >= 0.6 is 15.9 Å². The fourth-order valence-electron chi connectivity index (χ4n) is 4.88. The second-order valence-electron chi connectivity index (χ2n) is 9.55. The number of alkyl carbamates (subject to hydrolysis) is 1. The molecule has 2 N–H and O–H groups in total. The zero-order chi connectivity index (χ0) is 26.3. The predicted octanol–water partition coefficient (Wildman–Crippen LogP) is 3.08. The molecule has 0 aliphatic carbocycles. The molecule has 1 fully saturated rings. The Morgan fingerprint density at radius 2 is 1.86 bits per heavy atom. The molecular weight excluding hydrogens is 550 g/mol. The standard InChI is InChI=1S/C24H28BrN5O7/c1-12(2)20(28-23(32)34-3)22(31)30-10-15(6-16(30)21-26-7-19(25)27-21)37-24(33)29-8-13-4-17-18(36-11-35-17)5-14(13)9-29/h4-5,7,12,15-16,20H,6,8-11H2,1-3H3,(H,26,27)(H,28,32)/t15?,16-,20?/m0/s1. The molecule has 3 aliphatic heterocycles. The first-order valence-electron chi connectivity index (χ1n) is 12.0. The Kier molecular flexibility index (Phi) is 6.88. The third kappa shape index (κ3) is 5.04. The lowest BCUT2D eigenvalue weighted by molar-refractivity contribution is -0.135. The van der Waals surface area contributed by atoms with E-state index in [1.54, 1.807) is 16.0 Å². The van der Waals surface area contributed by atoms with Gasteiger partial charge in [-0.1, -0.05) is 13.8 Å². The number of amides is 3. The Morgan fingerprint density at radius 3 is 2.43 bits per heavy atom. The average molecular weight is 578 g/mol. The molecule has 0 bridgehead atoms. The molecule has 1 aromatic heterocycles. The van der Waals surface area contributed by atoms with Gasteiger partial charge in [-0.15, -0.1) is 0 Å². The third-order valence-electron chi connectivity index (χ3n) is 6.76. The lowest BCUT2D eigenvalue weighted by atomic mass is 10.0. The maximum Gasteiger partial charge on any atom is 0.410 e. The van der Waals surface area contributed by atoms with Gasteiger partial charge in [0.2, 0.25) is 12.7 Å². The monoisotopic (exact) mass is 577 g/mol. The average Bonchev–Trinajstić information content (AvgIpc) is 3.65. The van der Waals surface area contributed by atoms with E-state index in [-0.39, 0.29) is 25.2 Å². The molecule has 2 unspecified atom stereocenters. The maximum absolute atomic E-state index is 13.6. The second-order valence-corrected chi connectivity index (χ2v) is 10.4. The van der Waals surface area contributed by atoms with Crippen LogP contribution in [0.2, 0.25) is 0 Å². The highest BCUT2D eigenvalue weighted by atomic mass is 79.9. The van der Waals surface area contributed by atoms with Crippen LogP contribution in [-0.4, -0.2) is 70.5 Å². The number of rotatable bonds is 5. The number of ether oxygens (including phenoxy) is 4. The molecule has 1 aromatic carbocycles. The minimum Gasteiger partial charge on any atom is -0.454 e. The van der Waals surface area contributed by atoms with Crippen LogP contribution in [0.1, 0.15) is 43.3 Å². The van der Waals surface area contributed by atoms with Crippen molar-refractivity contribution < 1.29 is 33.3 Å². The molecule has 12 nitrogen and oxygen atoms in total. The number of likely N-dealkylation sites (tertiary alicyclic amines) is 1. The number of fused-ring (bicyclic) bond motifs is 2.